The third-order valence-electron chi connectivity index (χ3n) is 2.61. The molecule has 2 rings (SSSR count). The Morgan fingerprint density at radius 1 is 1.29 bits per heavy atom. The lowest BCUT2D eigenvalue weighted by molar-refractivity contribution is 0.525. The second kappa shape index (κ2) is 4.99. The molecule has 0 bridgehead atoms. The van der Waals surface area contributed by atoms with Crippen molar-refractivity contribution in [2.75, 3.05) is 12.4 Å². The molecule has 90 valence electrons. The minimum Gasteiger partial charge on any atom is -0.388 e. The molecule has 1 heterocycles. The van der Waals surface area contributed by atoms with Gasteiger partial charge in [-0.15, -0.1) is 10.2 Å². The molecule has 2 aromatic rings. The van der Waals surface area contributed by atoms with Crippen LogP contribution in [0.3, 0.4) is 0 Å². The number of rotatable bonds is 4. The van der Waals surface area contributed by atoms with E-state index in [1.165, 1.54) is 0 Å². The Labute approximate surface area is 102 Å². The Kier molecular flexibility index (Phi) is 3.42. The van der Waals surface area contributed by atoms with Crippen molar-refractivity contribution >= 4 is 5.69 Å². The molecular formula is C13H18N4. The van der Waals surface area contributed by atoms with Crippen LogP contribution in [-0.4, -0.2) is 21.8 Å². The maximum Gasteiger partial charge on any atom is 0.165 e. The van der Waals surface area contributed by atoms with E-state index >= 15 is 0 Å². The minimum absolute atomic E-state index is 0.575. The van der Waals surface area contributed by atoms with E-state index in [-0.39, 0.29) is 0 Å². The Hall–Kier alpha value is -1.84. The summed E-state index contributed by atoms with van der Waals surface area (Å²) in [4.78, 5) is 0. The SMILES string of the molecule is CNc1ccccc1-c1nncn1CC(C)C. The van der Waals surface area contributed by atoms with Crippen molar-refractivity contribution in [2.24, 2.45) is 5.92 Å². The van der Waals surface area contributed by atoms with Crippen molar-refractivity contribution in [1.29, 1.82) is 0 Å². The van der Waals surface area contributed by atoms with Gasteiger partial charge in [-0.25, -0.2) is 0 Å². The first kappa shape index (κ1) is 11.6. The normalized spacial score (nSPS) is 10.8. The fraction of sp³-hybridized carbons (Fsp3) is 0.385. The summed E-state index contributed by atoms with van der Waals surface area (Å²) in [6, 6.07) is 8.14. The maximum absolute atomic E-state index is 4.22. The van der Waals surface area contributed by atoms with Gasteiger partial charge in [0.2, 0.25) is 0 Å². The van der Waals surface area contributed by atoms with Crippen LogP contribution in [0.5, 0.6) is 0 Å². The van der Waals surface area contributed by atoms with Crippen LogP contribution < -0.4 is 5.32 Å². The first-order chi connectivity index (χ1) is 8.22. The average Bonchev–Trinajstić information content (AvgIpc) is 2.76. The molecule has 0 aliphatic rings. The lowest BCUT2D eigenvalue weighted by Gasteiger charge is -2.11. The van der Waals surface area contributed by atoms with E-state index in [0.717, 1.165) is 23.6 Å². The van der Waals surface area contributed by atoms with Gasteiger partial charge in [0, 0.05) is 24.8 Å². The third-order valence-corrected chi connectivity index (χ3v) is 2.61. The number of anilines is 1. The number of nitrogens with one attached hydrogen (secondary N) is 1. The molecule has 0 amide bonds. The van der Waals surface area contributed by atoms with E-state index in [0.29, 0.717) is 5.92 Å². The van der Waals surface area contributed by atoms with E-state index in [2.05, 4.69) is 40.0 Å². The highest BCUT2D eigenvalue weighted by Crippen LogP contribution is 2.25. The summed E-state index contributed by atoms with van der Waals surface area (Å²) >= 11 is 0. The van der Waals surface area contributed by atoms with Gasteiger partial charge in [0.1, 0.15) is 6.33 Å². The van der Waals surface area contributed by atoms with Crippen molar-refractivity contribution in [3.8, 4) is 11.4 Å². The molecule has 0 spiro atoms. The van der Waals surface area contributed by atoms with Crippen molar-refractivity contribution in [3.63, 3.8) is 0 Å². The standard InChI is InChI=1S/C13H18N4/c1-10(2)8-17-9-15-16-13(17)11-6-4-5-7-12(11)14-3/h4-7,9-10,14H,8H2,1-3H3. The molecule has 0 unspecified atom stereocenters. The molecule has 0 radical (unpaired) electrons. The number of para-hydroxylation sites is 1. The molecule has 0 aliphatic carbocycles. The summed E-state index contributed by atoms with van der Waals surface area (Å²) in [5.41, 5.74) is 2.17. The summed E-state index contributed by atoms with van der Waals surface area (Å²) in [7, 11) is 1.92. The van der Waals surface area contributed by atoms with E-state index in [1.807, 2.05) is 25.2 Å². The molecule has 0 atom stereocenters. The molecule has 17 heavy (non-hydrogen) atoms. The van der Waals surface area contributed by atoms with Gasteiger partial charge in [-0.2, -0.15) is 0 Å². The smallest absolute Gasteiger partial charge is 0.165 e. The fourth-order valence-corrected chi connectivity index (χ4v) is 1.89. The lowest BCUT2D eigenvalue weighted by atomic mass is 10.1. The number of benzene rings is 1. The van der Waals surface area contributed by atoms with Crippen LogP contribution in [0.1, 0.15) is 13.8 Å². The number of aromatic nitrogens is 3. The second-order valence-electron chi connectivity index (χ2n) is 4.50. The van der Waals surface area contributed by atoms with Gasteiger partial charge in [0.15, 0.2) is 5.82 Å². The zero-order chi connectivity index (χ0) is 12.3. The van der Waals surface area contributed by atoms with E-state index in [9.17, 15) is 0 Å². The Bertz CT molecular complexity index is 488. The van der Waals surface area contributed by atoms with Crippen molar-refractivity contribution in [2.45, 2.75) is 20.4 Å². The third kappa shape index (κ3) is 2.46. The van der Waals surface area contributed by atoms with Gasteiger partial charge >= 0.3 is 0 Å². The van der Waals surface area contributed by atoms with Crippen molar-refractivity contribution in [1.82, 2.24) is 14.8 Å². The zero-order valence-corrected chi connectivity index (χ0v) is 10.5. The largest absolute Gasteiger partial charge is 0.388 e. The lowest BCUT2D eigenvalue weighted by Crippen LogP contribution is -2.06. The molecule has 1 aromatic heterocycles. The van der Waals surface area contributed by atoms with Crippen LogP contribution in [0.4, 0.5) is 5.69 Å². The van der Waals surface area contributed by atoms with Crippen LogP contribution in [0, 0.1) is 5.92 Å². The predicted octanol–water partition coefficient (Wildman–Crippen LogP) is 2.64. The summed E-state index contributed by atoms with van der Waals surface area (Å²) < 4.78 is 2.10. The van der Waals surface area contributed by atoms with Crippen molar-refractivity contribution < 1.29 is 0 Å². The van der Waals surface area contributed by atoms with E-state index < -0.39 is 0 Å². The summed E-state index contributed by atoms with van der Waals surface area (Å²) in [5.74, 6) is 1.50. The summed E-state index contributed by atoms with van der Waals surface area (Å²) in [6.45, 7) is 5.31. The maximum atomic E-state index is 4.22. The number of hydrogen-bond acceptors (Lipinski definition) is 3. The molecule has 1 aromatic carbocycles. The zero-order valence-electron chi connectivity index (χ0n) is 10.5. The molecule has 4 heteroatoms. The molecule has 4 nitrogen and oxygen atoms in total. The summed E-state index contributed by atoms with van der Waals surface area (Å²) in [6.07, 6.45) is 1.79. The Balaban J connectivity index is 2.42. The first-order valence-electron chi connectivity index (χ1n) is 5.87. The molecule has 0 saturated carbocycles. The van der Waals surface area contributed by atoms with Gasteiger partial charge in [0.05, 0.1) is 0 Å². The topological polar surface area (TPSA) is 42.7 Å². The highest BCUT2D eigenvalue weighted by molar-refractivity contribution is 5.73. The quantitative estimate of drug-likeness (QED) is 0.878. The number of hydrogen-bond donors (Lipinski definition) is 1. The van der Waals surface area contributed by atoms with Crippen LogP contribution in [0.15, 0.2) is 30.6 Å². The molecular weight excluding hydrogens is 212 g/mol. The molecule has 0 aliphatic heterocycles. The highest BCUT2D eigenvalue weighted by Gasteiger charge is 2.11. The van der Waals surface area contributed by atoms with E-state index in [1.54, 1.807) is 6.33 Å². The number of nitrogens with zero attached hydrogens (tertiary/aromatic N) is 3. The fourth-order valence-electron chi connectivity index (χ4n) is 1.89. The monoisotopic (exact) mass is 230 g/mol. The first-order valence-corrected chi connectivity index (χ1v) is 5.87. The Morgan fingerprint density at radius 2 is 2.06 bits per heavy atom. The second-order valence-corrected chi connectivity index (χ2v) is 4.50. The average molecular weight is 230 g/mol. The molecule has 0 fully saturated rings. The molecule has 1 N–H and O–H groups in total. The van der Waals surface area contributed by atoms with Crippen LogP contribution in [0.25, 0.3) is 11.4 Å². The van der Waals surface area contributed by atoms with Gasteiger partial charge in [-0.3, -0.25) is 0 Å². The van der Waals surface area contributed by atoms with E-state index in [4.69, 9.17) is 0 Å². The van der Waals surface area contributed by atoms with Crippen LogP contribution in [-0.2, 0) is 6.54 Å². The van der Waals surface area contributed by atoms with Crippen molar-refractivity contribution in [3.05, 3.63) is 30.6 Å². The predicted molar refractivity (Wildman–Crippen MR) is 69.8 cm³/mol. The van der Waals surface area contributed by atoms with Gasteiger partial charge in [-0.1, -0.05) is 26.0 Å². The van der Waals surface area contributed by atoms with Gasteiger partial charge in [-0.05, 0) is 18.1 Å². The minimum atomic E-state index is 0.575. The van der Waals surface area contributed by atoms with Gasteiger partial charge in [0.25, 0.3) is 0 Å². The summed E-state index contributed by atoms with van der Waals surface area (Å²) in [5, 5.41) is 11.4. The van der Waals surface area contributed by atoms with Gasteiger partial charge < -0.3 is 9.88 Å². The highest BCUT2D eigenvalue weighted by atomic mass is 15.3. The van der Waals surface area contributed by atoms with Crippen LogP contribution >= 0.6 is 0 Å². The Morgan fingerprint density at radius 3 is 2.76 bits per heavy atom. The van der Waals surface area contributed by atoms with Crippen LogP contribution in [0.2, 0.25) is 0 Å². The molecule has 0 saturated heterocycles.